The average Bonchev–Trinajstić information content (AvgIpc) is 2.73. The number of nitrogens with zero attached hydrogens (tertiary/aromatic N) is 1. The average molecular weight is 233 g/mol. The number of phenols is 1. The van der Waals surface area contributed by atoms with Gasteiger partial charge in [-0.05, 0) is 56.3 Å². The third kappa shape index (κ3) is 2.63. The molecule has 1 heterocycles. The Labute approximate surface area is 104 Å². The molecule has 1 aliphatic rings. The Kier molecular flexibility index (Phi) is 3.72. The number of rotatable bonds is 3. The highest BCUT2D eigenvalue weighted by molar-refractivity contribution is 5.42. The first kappa shape index (κ1) is 12.4. The van der Waals surface area contributed by atoms with Crippen molar-refractivity contribution in [2.45, 2.75) is 52.6 Å². The second-order valence-electron chi connectivity index (χ2n) is 5.25. The minimum atomic E-state index is 0.446. The van der Waals surface area contributed by atoms with E-state index in [0.29, 0.717) is 5.75 Å². The molecular weight excluding hydrogens is 210 g/mol. The van der Waals surface area contributed by atoms with Crippen LogP contribution in [0.25, 0.3) is 0 Å². The fraction of sp³-hybridized carbons (Fsp3) is 0.600. The van der Waals surface area contributed by atoms with E-state index in [1.165, 1.54) is 31.4 Å². The number of benzene rings is 1. The maximum absolute atomic E-state index is 9.78. The largest absolute Gasteiger partial charge is 0.507 e. The van der Waals surface area contributed by atoms with Crippen LogP contribution in [0.2, 0.25) is 0 Å². The first-order valence-electron chi connectivity index (χ1n) is 6.65. The van der Waals surface area contributed by atoms with E-state index in [0.717, 1.165) is 23.7 Å². The fourth-order valence-electron chi connectivity index (χ4n) is 2.94. The lowest BCUT2D eigenvalue weighted by Gasteiger charge is -2.23. The van der Waals surface area contributed by atoms with Crippen LogP contribution in [-0.2, 0) is 6.54 Å². The second-order valence-corrected chi connectivity index (χ2v) is 5.25. The van der Waals surface area contributed by atoms with Crippen LogP contribution in [0.1, 0.15) is 42.9 Å². The van der Waals surface area contributed by atoms with Crippen LogP contribution in [0.15, 0.2) is 12.1 Å². The highest BCUT2D eigenvalue weighted by Gasteiger charge is 2.22. The standard InChI is InChI=1S/C15H23NO/c1-4-14-6-5-7-16(14)10-13-8-11(2)15(17)12(3)9-13/h8-9,14,17H,4-7,10H2,1-3H3. The molecule has 2 rings (SSSR count). The van der Waals surface area contributed by atoms with Crippen molar-refractivity contribution in [2.75, 3.05) is 6.54 Å². The Morgan fingerprint density at radius 3 is 2.53 bits per heavy atom. The summed E-state index contributed by atoms with van der Waals surface area (Å²) in [4.78, 5) is 2.57. The van der Waals surface area contributed by atoms with Crippen molar-refractivity contribution < 1.29 is 5.11 Å². The molecule has 0 aliphatic carbocycles. The summed E-state index contributed by atoms with van der Waals surface area (Å²) in [5, 5.41) is 9.78. The summed E-state index contributed by atoms with van der Waals surface area (Å²) in [6.07, 6.45) is 3.91. The molecule has 1 aromatic rings. The van der Waals surface area contributed by atoms with Gasteiger partial charge < -0.3 is 5.11 Å². The lowest BCUT2D eigenvalue weighted by atomic mass is 10.0. The lowest BCUT2D eigenvalue weighted by molar-refractivity contribution is 0.240. The van der Waals surface area contributed by atoms with Gasteiger partial charge in [-0.25, -0.2) is 0 Å². The van der Waals surface area contributed by atoms with Crippen molar-refractivity contribution in [1.29, 1.82) is 0 Å². The lowest BCUT2D eigenvalue weighted by Crippen LogP contribution is -2.28. The van der Waals surface area contributed by atoms with Crippen LogP contribution in [-0.4, -0.2) is 22.6 Å². The van der Waals surface area contributed by atoms with E-state index in [9.17, 15) is 5.11 Å². The molecule has 0 saturated carbocycles. The van der Waals surface area contributed by atoms with Gasteiger partial charge >= 0.3 is 0 Å². The quantitative estimate of drug-likeness (QED) is 0.865. The summed E-state index contributed by atoms with van der Waals surface area (Å²) in [5.41, 5.74) is 3.32. The van der Waals surface area contributed by atoms with Gasteiger partial charge in [0.05, 0.1) is 0 Å². The summed E-state index contributed by atoms with van der Waals surface area (Å²) in [6.45, 7) is 8.48. The first-order chi connectivity index (χ1) is 8.11. The predicted octanol–water partition coefficient (Wildman–Crippen LogP) is 3.38. The number of phenolic OH excluding ortho intramolecular Hbond substituents is 1. The Bertz CT molecular complexity index is 377. The van der Waals surface area contributed by atoms with E-state index in [4.69, 9.17) is 0 Å². The maximum atomic E-state index is 9.78. The first-order valence-corrected chi connectivity index (χ1v) is 6.65. The van der Waals surface area contributed by atoms with Crippen LogP contribution >= 0.6 is 0 Å². The monoisotopic (exact) mass is 233 g/mol. The second kappa shape index (κ2) is 5.09. The Morgan fingerprint density at radius 1 is 1.29 bits per heavy atom. The smallest absolute Gasteiger partial charge is 0.121 e. The zero-order valence-corrected chi connectivity index (χ0v) is 11.2. The van der Waals surface area contributed by atoms with E-state index in [-0.39, 0.29) is 0 Å². The molecular formula is C15H23NO. The molecule has 0 spiro atoms. The van der Waals surface area contributed by atoms with Gasteiger partial charge in [-0.1, -0.05) is 19.1 Å². The van der Waals surface area contributed by atoms with Crippen molar-refractivity contribution in [2.24, 2.45) is 0 Å². The van der Waals surface area contributed by atoms with Crippen LogP contribution in [0.3, 0.4) is 0 Å². The fourth-order valence-corrected chi connectivity index (χ4v) is 2.94. The summed E-state index contributed by atoms with van der Waals surface area (Å²) in [7, 11) is 0. The molecule has 1 N–H and O–H groups in total. The Morgan fingerprint density at radius 2 is 1.94 bits per heavy atom. The van der Waals surface area contributed by atoms with E-state index in [2.05, 4.69) is 24.0 Å². The minimum Gasteiger partial charge on any atom is -0.507 e. The molecule has 1 saturated heterocycles. The third-order valence-corrected chi connectivity index (χ3v) is 3.91. The summed E-state index contributed by atoms with van der Waals surface area (Å²) in [5.74, 6) is 0.446. The Hall–Kier alpha value is -1.02. The van der Waals surface area contributed by atoms with Crippen molar-refractivity contribution in [3.05, 3.63) is 28.8 Å². The van der Waals surface area contributed by atoms with Crippen molar-refractivity contribution >= 4 is 0 Å². The molecule has 17 heavy (non-hydrogen) atoms. The molecule has 2 heteroatoms. The van der Waals surface area contributed by atoms with E-state index in [1.807, 2.05) is 13.8 Å². The van der Waals surface area contributed by atoms with Crippen molar-refractivity contribution in [3.63, 3.8) is 0 Å². The van der Waals surface area contributed by atoms with Crippen LogP contribution in [0.4, 0.5) is 0 Å². The number of likely N-dealkylation sites (tertiary alicyclic amines) is 1. The van der Waals surface area contributed by atoms with Crippen molar-refractivity contribution in [1.82, 2.24) is 4.90 Å². The SMILES string of the molecule is CCC1CCCN1Cc1cc(C)c(O)c(C)c1. The molecule has 1 atom stereocenters. The predicted molar refractivity (Wildman–Crippen MR) is 71.3 cm³/mol. The highest BCUT2D eigenvalue weighted by atomic mass is 16.3. The molecule has 1 aliphatic heterocycles. The van der Waals surface area contributed by atoms with Gasteiger partial charge in [0.15, 0.2) is 0 Å². The molecule has 94 valence electrons. The van der Waals surface area contributed by atoms with E-state index in [1.54, 1.807) is 0 Å². The van der Waals surface area contributed by atoms with Gasteiger partial charge in [0, 0.05) is 12.6 Å². The zero-order chi connectivity index (χ0) is 12.4. The molecule has 0 radical (unpaired) electrons. The van der Waals surface area contributed by atoms with Crippen LogP contribution < -0.4 is 0 Å². The molecule has 1 fully saturated rings. The normalized spacial score (nSPS) is 21.0. The molecule has 0 amide bonds. The zero-order valence-electron chi connectivity index (χ0n) is 11.2. The topological polar surface area (TPSA) is 23.5 Å². The van der Waals surface area contributed by atoms with Gasteiger partial charge in [0.1, 0.15) is 5.75 Å². The molecule has 2 nitrogen and oxygen atoms in total. The van der Waals surface area contributed by atoms with Crippen LogP contribution in [0, 0.1) is 13.8 Å². The van der Waals surface area contributed by atoms with Crippen LogP contribution in [0.5, 0.6) is 5.75 Å². The molecule has 0 bridgehead atoms. The highest BCUT2D eigenvalue weighted by Crippen LogP contribution is 2.26. The van der Waals surface area contributed by atoms with Gasteiger partial charge in [-0.2, -0.15) is 0 Å². The van der Waals surface area contributed by atoms with Crippen molar-refractivity contribution in [3.8, 4) is 5.75 Å². The maximum Gasteiger partial charge on any atom is 0.121 e. The summed E-state index contributed by atoms with van der Waals surface area (Å²) < 4.78 is 0. The minimum absolute atomic E-state index is 0.446. The Balaban J connectivity index is 2.13. The summed E-state index contributed by atoms with van der Waals surface area (Å²) in [6, 6.07) is 4.99. The molecule has 1 aromatic carbocycles. The van der Waals surface area contributed by atoms with E-state index < -0.39 is 0 Å². The number of aryl methyl sites for hydroxylation is 2. The van der Waals surface area contributed by atoms with Gasteiger partial charge in [-0.3, -0.25) is 4.90 Å². The number of hydrogen-bond donors (Lipinski definition) is 1. The molecule has 0 aromatic heterocycles. The number of hydrogen-bond acceptors (Lipinski definition) is 2. The number of aromatic hydroxyl groups is 1. The van der Waals surface area contributed by atoms with Gasteiger partial charge in [0.25, 0.3) is 0 Å². The van der Waals surface area contributed by atoms with E-state index >= 15 is 0 Å². The summed E-state index contributed by atoms with van der Waals surface area (Å²) >= 11 is 0. The van der Waals surface area contributed by atoms with Gasteiger partial charge in [0.2, 0.25) is 0 Å². The van der Waals surface area contributed by atoms with Gasteiger partial charge in [-0.15, -0.1) is 0 Å². The third-order valence-electron chi connectivity index (χ3n) is 3.91. The molecule has 1 unspecified atom stereocenters.